The van der Waals surface area contributed by atoms with Crippen molar-refractivity contribution in [3.63, 3.8) is 0 Å². The first-order valence-corrected chi connectivity index (χ1v) is 15.1. The minimum atomic E-state index is -0.0542. The number of fused-ring (bicyclic) bond motifs is 3. The summed E-state index contributed by atoms with van der Waals surface area (Å²) >= 11 is 0. The van der Waals surface area contributed by atoms with Crippen LogP contribution in [0.2, 0.25) is 0 Å². The minimum absolute atomic E-state index is 0.0177. The molecule has 218 valence electrons. The van der Waals surface area contributed by atoms with Gasteiger partial charge in [-0.25, -0.2) is 4.98 Å². The molecule has 0 unspecified atom stereocenters. The van der Waals surface area contributed by atoms with Crippen molar-refractivity contribution in [1.29, 1.82) is 0 Å². The van der Waals surface area contributed by atoms with E-state index in [4.69, 9.17) is 9.72 Å². The molecule has 5 aromatic rings. The van der Waals surface area contributed by atoms with E-state index in [1.54, 1.807) is 0 Å². The molecule has 0 N–H and O–H groups in total. The zero-order valence-corrected chi connectivity index (χ0v) is 26.9. The number of nitrogens with zero attached hydrogens (tertiary/aromatic N) is 4. The first kappa shape index (κ1) is 28.6. The molecule has 3 aromatic carbocycles. The lowest BCUT2D eigenvalue weighted by Gasteiger charge is -2.20. The Morgan fingerprint density at radius 1 is 0.674 bits per heavy atom. The molecule has 2 aromatic heterocycles. The van der Waals surface area contributed by atoms with Crippen LogP contribution in [0, 0.1) is 0 Å². The molecule has 0 aliphatic carbocycles. The molecular formula is C38H42N4O+2. The smallest absolute Gasteiger partial charge is 0.457 e. The molecule has 6 rings (SSSR count). The maximum atomic E-state index is 6.66. The van der Waals surface area contributed by atoms with Gasteiger partial charge in [-0.1, -0.05) is 68.9 Å². The van der Waals surface area contributed by atoms with Crippen LogP contribution in [0.3, 0.4) is 0 Å². The molecule has 1 aliphatic heterocycles. The summed E-state index contributed by atoms with van der Waals surface area (Å²) in [7, 11) is 0. The van der Waals surface area contributed by atoms with Crippen molar-refractivity contribution >= 4 is 33.5 Å². The molecular weight excluding hydrogens is 528 g/mol. The summed E-state index contributed by atoms with van der Waals surface area (Å²) in [6.07, 6.45) is 6.04. The van der Waals surface area contributed by atoms with Gasteiger partial charge in [-0.15, -0.1) is 0 Å². The largest absolute Gasteiger partial charge is 0.495 e. The summed E-state index contributed by atoms with van der Waals surface area (Å²) < 4.78 is 13.1. The van der Waals surface area contributed by atoms with Crippen LogP contribution in [0.4, 0.5) is 5.69 Å². The molecule has 0 saturated carbocycles. The molecule has 0 spiro atoms. The summed E-state index contributed by atoms with van der Waals surface area (Å²) in [5.41, 5.74) is 5.56. The molecule has 0 radical (unpaired) electrons. The summed E-state index contributed by atoms with van der Waals surface area (Å²) in [6, 6.07) is 29.2. The molecule has 0 atom stereocenters. The van der Waals surface area contributed by atoms with Crippen LogP contribution in [-0.4, -0.2) is 30.2 Å². The van der Waals surface area contributed by atoms with E-state index in [0.717, 1.165) is 34.0 Å². The number of benzene rings is 3. The maximum Gasteiger partial charge on any atom is 0.495 e. The first-order valence-electron chi connectivity index (χ1n) is 15.1. The van der Waals surface area contributed by atoms with Crippen LogP contribution in [0.1, 0.15) is 73.4 Å². The Kier molecular flexibility index (Phi) is 6.71. The van der Waals surface area contributed by atoms with Crippen LogP contribution >= 0.6 is 0 Å². The zero-order chi connectivity index (χ0) is 30.7. The fraction of sp³-hybridized carbons (Fsp3) is 0.316. The molecule has 1 aliphatic rings. The summed E-state index contributed by atoms with van der Waals surface area (Å²) in [5, 5.41) is 2.36. The Labute approximate surface area is 255 Å². The minimum Gasteiger partial charge on any atom is -0.457 e. The lowest BCUT2D eigenvalue weighted by Crippen LogP contribution is -2.27. The molecule has 0 amide bonds. The topological polar surface area (TPSA) is 33.1 Å². The van der Waals surface area contributed by atoms with Crippen molar-refractivity contribution in [1.82, 2.24) is 9.55 Å². The van der Waals surface area contributed by atoms with E-state index >= 15 is 0 Å². The number of hydrogen-bond acceptors (Lipinski definition) is 2. The predicted octanol–water partition coefficient (Wildman–Crippen LogP) is 9.68. The monoisotopic (exact) mass is 570 g/mol. The van der Waals surface area contributed by atoms with Gasteiger partial charge in [0, 0.05) is 49.9 Å². The van der Waals surface area contributed by atoms with Crippen LogP contribution < -0.4 is 4.74 Å². The van der Waals surface area contributed by atoms with Crippen LogP contribution in [0.25, 0.3) is 27.6 Å². The molecule has 5 heteroatoms. The van der Waals surface area contributed by atoms with Gasteiger partial charge in [0.1, 0.15) is 17.3 Å². The van der Waals surface area contributed by atoms with Gasteiger partial charge >= 0.3 is 6.01 Å². The second kappa shape index (κ2) is 10.1. The number of ether oxygens (including phenoxy) is 1. The van der Waals surface area contributed by atoms with E-state index in [1.165, 1.54) is 21.9 Å². The van der Waals surface area contributed by atoms with Gasteiger partial charge in [0.25, 0.3) is 6.20 Å². The summed E-state index contributed by atoms with van der Waals surface area (Å²) in [5.74, 6) is 2.48. The molecule has 0 fully saturated rings. The third kappa shape index (κ3) is 5.53. The molecule has 0 bridgehead atoms. The Balaban J connectivity index is 1.49. The van der Waals surface area contributed by atoms with Gasteiger partial charge in [0.15, 0.2) is 5.54 Å². The quantitative estimate of drug-likeness (QED) is 0.202. The second-order valence-corrected chi connectivity index (χ2v) is 14.6. The SMILES string of the molecule is CC(C)(C)c1cc(Oc2ccc3c4ccccc4n(-c4cc(C(C)(C)C)ccn4)c3c2)cc([N+]2=C=[N+](C(C)(C)C)C=C2)c1. The van der Waals surface area contributed by atoms with Crippen LogP contribution in [0.15, 0.2) is 91.4 Å². The van der Waals surface area contributed by atoms with Gasteiger partial charge in [-0.2, -0.15) is 0 Å². The van der Waals surface area contributed by atoms with Crippen molar-refractivity contribution in [2.75, 3.05) is 0 Å². The molecule has 0 saturated heterocycles. The lowest BCUT2D eigenvalue weighted by molar-refractivity contribution is -0.533. The maximum absolute atomic E-state index is 6.66. The van der Waals surface area contributed by atoms with Crippen molar-refractivity contribution < 1.29 is 13.9 Å². The third-order valence-electron chi connectivity index (χ3n) is 8.06. The number of rotatable bonds is 4. The number of aromatic nitrogens is 2. The highest BCUT2D eigenvalue weighted by atomic mass is 16.5. The number of para-hydroxylation sites is 1. The summed E-state index contributed by atoms with van der Waals surface area (Å²) in [6.45, 7) is 19.9. The van der Waals surface area contributed by atoms with E-state index in [9.17, 15) is 0 Å². The lowest BCUT2D eigenvalue weighted by atomic mass is 9.86. The Hall–Kier alpha value is -4.47. The van der Waals surface area contributed by atoms with Crippen molar-refractivity contribution in [2.45, 2.75) is 78.7 Å². The zero-order valence-electron chi connectivity index (χ0n) is 26.9. The van der Waals surface area contributed by atoms with Gasteiger partial charge < -0.3 is 4.74 Å². The second-order valence-electron chi connectivity index (χ2n) is 14.6. The van der Waals surface area contributed by atoms with E-state index in [0.29, 0.717) is 0 Å². The standard InChI is InChI=1S/C38H42N4O/c1-36(2,3)26-16-17-39-35(22-26)42-33-13-11-10-12-31(33)32-15-14-29(24-34(32)42)43-30-21-27(37(4,5)6)20-28(23-30)40-18-19-41(25-40)38(7,8)9/h10-24H,1-9H3/q+2. The van der Waals surface area contributed by atoms with Gasteiger partial charge in [-0.05, 0) is 58.4 Å². The van der Waals surface area contributed by atoms with E-state index in [-0.39, 0.29) is 16.4 Å². The van der Waals surface area contributed by atoms with Gasteiger partial charge in [-0.3, -0.25) is 4.57 Å². The van der Waals surface area contributed by atoms with Crippen molar-refractivity contribution in [3.05, 3.63) is 103 Å². The Bertz CT molecular complexity index is 1980. The van der Waals surface area contributed by atoms with E-state index < -0.39 is 0 Å². The van der Waals surface area contributed by atoms with E-state index in [1.807, 2.05) is 10.8 Å². The Morgan fingerprint density at radius 2 is 1.40 bits per heavy atom. The van der Waals surface area contributed by atoms with Gasteiger partial charge in [0.05, 0.1) is 17.1 Å². The first-order chi connectivity index (χ1) is 20.2. The Morgan fingerprint density at radius 3 is 2.09 bits per heavy atom. The normalized spacial score (nSPS) is 14.0. The summed E-state index contributed by atoms with van der Waals surface area (Å²) in [4.78, 5) is 4.83. The van der Waals surface area contributed by atoms with Gasteiger partial charge in [0.2, 0.25) is 11.9 Å². The average Bonchev–Trinajstić information content (AvgIpc) is 3.56. The third-order valence-corrected chi connectivity index (χ3v) is 8.06. The van der Waals surface area contributed by atoms with Crippen molar-refractivity contribution in [2.24, 2.45) is 0 Å². The number of pyridine rings is 1. The number of hydrogen-bond donors (Lipinski definition) is 0. The highest BCUT2D eigenvalue weighted by Crippen LogP contribution is 2.38. The van der Waals surface area contributed by atoms with E-state index in [2.05, 4.69) is 163 Å². The van der Waals surface area contributed by atoms with Crippen LogP contribution in [-0.2, 0) is 10.8 Å². The predicted molar refractivity (Wildman–Crippen MR) is 177 cm³/mol. The average molecular weight is 571 g/mol. The highest BCUT2D eigenvalue weighted by Gasteiger charge is 2.31. The molecule has 5 nitrogen and oxygen atoms in total. The highest BCUT2D eigenvalue weighted by molar-refractivity contribution is 6.09. The van der Waals surface area contributed by atoms with Crippen LogP contribution in [0.5, 0.6) is 11.5 Å². The molecule has 43 heavy (non-hydrogen) atoms. The fourth-order valence-electron chi connectivity index (χ4n) is 5.45. The molecule has 3 heterocycles. The fourth-order valence-corrected chi connectivity index (χ4v) is 5.45. The van der Waals surface area contributed by atoms with Crippen molar-refractivity contribution in [3.8, 4) is 17.3 Å².